The van der Waals surface area contributed by atoms with Crippen LogP contribution in [0.1, 0.15) is 20.7 Å². The minimum absolute atomic E-state index is 0.0620. The number of carbonyl (C=O) groups excluding carboxylic acids is 3. The van der Waals surface area contributed by atoms with E-state index in [9.17, 15) is 14.4 Å². The van der Waals surface area contributed by atoms with E-state index in [1.54, 1.807) is 48.5 Å². The van der Waals surface area contributed by atoms with Gasteiger partial charge in [-0.25, -0.2) is 4.79 Å². The fourth-order valence-corrected chi connectivity index (χ4v) is 2.29. The summed E-state index contributed by atoms with van der Waals surface area (Å²) in [6, 6.07) is 15.1. The molecular formula is C20H17NO6. The van der Waals surface area contributed by atoms with E-state index < -0.39 is 12.6 Å². The number of Topliss-reactive ketones (excluding diaryl/α,β-unsaturated/α-hetero) is 1. The third kappa shape index (κ3) is 4.94. The van der Waals surface area contributed by atoms with E-state index in [1.165, 1.54) is 6.26 Å². The number of hydrogen-bond acceptors (Lipinski definition) is 6. The van der Waals surface area contributed by atoms with Crippen molar-refractivity contribution < 1.29 is 28.6 Å². The maximum atomic E-state index is 12.1. The molecule has 0 aromatic heterocycles. The number of carbonyl (C=O) groups is 3. The Morgan fingerprint density at radius 1 is 0.926 bits per heavy atom. The Morgan fingerprint density at radius 3 is 2.33 bits per heavy atom. The summed E-state index contributed by atoms with van der Waals surface area (Å²) >= 11 is 0. The van der Waals surface area contributed by atoms with Gasteiger partial charge in [0.1, 0.15) is 19.5 Å². The van der Waals surface area contributed by atoms with E-state index in [0.717, 1.165) is 0 Å². The van der Waals surface area contributed by atoms with Crippen molar-refractivity contribution in [3.8, 4) is 0 Å². The Morgan fingerprint density at radius 2 is 1.67 bits per heavy atom. The highest BCUT2D eigenvalue weighted by molar-refractivity contribution is 6.04. The molecule has 2 aromatic rings. The molecule has 0 saturated carbocycles. The lowest BCUT2D eigenvalue weighted by Crippen LogP contribution is -2.20. The molecule has 0 atom stereocenters. The number of hydrogen-bond donors (Lipinski definition) is 1. The number of anilines is 1. The smallest absolute Gasteiger partial charge is 0.377 e. The molecule has 0 unspecified atom stereocenters. The molecule has 1 heterocycles. The zero-order chi connectivity index (χ0) is 19.1. The van der Waals surface area contributed by atoms with Crippen LogP contribution < -0.4 is 5.32 Å². The SMILES string of the molecule is O=C(OCC(=O)c1ccc(NC(=O)c2ccccc2)cc1)C1=COCCO1. The predicted octanol–water partition coefficient (Wildman–Crippen LogP) is 2.55. The van der Waals surface area contributed by atoms with Gasteiger partial charge in [-0.3, -0.25) is 9.59 Å². The van der Waals surface area contributed by atoms with E-state index >= 15 is 0 Å². The van der Waals surface area contributed by atoms with E-state index in [0.29, 0.717) is 23.4 Å². The zero-order valence-electron chi connectivity index (χ0n) is 14.3. The van der Waals surface area contributed by atoms with Gasteiger partial charge in [-0.15, -0.1) is 0 Å². The van der Waals surface area contributed by atoms with Crippen LogP contribution >= 0.6 is 0 Å². The Hall–Kier alpha value is -3.61. The monoisotopic (exact) mass is 367 g/mol. The lowest BCUT2D eigenvalue weighted by Gasteiger charge is -2.14. The molecule has 1 aliphatic rings. The zero-order valence-corrected chi connectivity index (χ0v) is 14.3. The van der Waals surface area contributed by atoms with E-state index in [-0.39, 0.29) is 24.1 Å². The van der Waals surface area contributed by atoms with Gasteiger partial charge in [-0.05, 0) is 36.4 Å². The van der Waals surface area contributed by atoms with Gasteiger partial charge in [0.2, 0.25) is 5.76 Å². The van der Waals surface area contributed by atoms with Gasteiger partial charge in [0, 0.05) is 16.8 Å². The van der Waals surface area contributed by atoms with Gasteiger partial charge < -0.3 is 19.5 Å². The first-order chi connectivity index (χ1) is 13.1. The number of esters is 1. The maximum absolute atomic E-state index is 12.1. The molecule has 0 fully saturated rings. The Labute approximate surface area is 155 Å². The molecule has 1 aliphatic heterocycles. The van der Waals surface area contributed by atoms with Gasteiger partial charge in [-0.2, -0.15) is 0 Å². The second-order valence-corrected chi connectivity index (χ2v) is 5.60. The van der Waals surface area contributed by atoms with Crippen LogP contribution in [0.4, 0.5) is 5.69 Å². The van der Waals surface area contributed by atoms with Crippen LogP contribution in [0, 0.1) is 0 Å². The summed E-state index contributed by atoms with van der Waals surface area (Å²) in [4.78, 5) is 36.0. The molecule has 0 spiro atoms. The molecule has 3 rings (SSSR count). The van der Waals surface area contributed by atoms with Crippen LogP contribution in [0.2, 0.25) is 0 Å². The number of benzene rings is 2. The standard InChI is InChI=1S/C20H17NO6/c22-17(12-27-20(24)18-13-25-10-11-26-18)14-6-8-16(9-7-14)21-19(23)15-4-2-1-3-5-15/h1-9,13H,10-12H2,(H,21,23). The number of rotatable bonds is 6. The molecule has 1 amide bonds. The van der Waals surface area contributed by atoms with Gasteiger partial charge in [0.25, 0.3) is 5.91 Å². The highest BCUT2D eigenvalue weighted by atomic mass is 16.6. The molecule has 0 aliphatic carbocycles. The molecular weight excluding hydrogens is 350 g/mol. The lowest BCUT2D eigenvalue weighted by atomic mass is 10.1. The third-order valence-electron chi connectivity index (χ3n) is 3.69. The fourth-order valence-electron chi connectivity index (χ4n) is 2.29. The molecule has 0 radical (unpaired) electrons. The second kappa shape index (κ2) is 8.66. The fraction of sp³-hybridized carbons (Fsp3) is 0.150. The van der Waals surface area contributed by atoms with Gasteiger partial charge in [0.15, 0.2) is 12.4 Å². The van der Waals surface area contributed by atoms with Crippen LogP contribution in [0.25, 0.3) is 0 Å². The summed E-state index contributed by atoms with van der Waals surface area (Å²) in [7, 11) is 0. The molecule has 0 saturated heterocycles. The topological polar surface area (TPSA) is 90.9 Å². The summed E-state index contributed by atoms with van der Waals surface area (Å²) in [6.07, 6.45) is 1.17. The van der Waals surface area contributed by atoms with Crippen LogP contribution in [0.3, 0.4) is 0 Å². The highest BCUT2D eigenvalue weighted by Gasteiger charge is 2.18. The average Bonchev–Trinajstić information content (AvgIpc) is 2.73. The Kier molecular flexibility index (Phi) is 5.84. The number of amides is 1. The molecule has 27 heavy (non-hydrogen) atoms. The molecule has 7 nitrogen and oxygen atoms in total. The van der Waals surface area contributed by atoms with Crippen molar-refractivity contribution in [2.75, 3.05) is 25.1 Å². The van der Waals surface area contributed by atoms with Crippen molar-refractivity contribution in [1.29, 1.82) is 0 Å². The summed E-state index contributed by atoms with van der Waals surface area (Å²) in [5.41, 5.74) is 1.44. The van der Waals surface area contributed by atoms with Crippen LogP contribution in [-0.2, 0) is 19.0 Å². The van der Waals surface area contributed by atoms with Crippen molar-refractivity contribution >= 4 is 23.3 Å². The predicted molar refractivity (Wildman–Crippen MR) is 96.1 cm³/mol. The highest BCUT2D eigenvalue weighted by Crippen LogP contribution is 2.13. The number of ketones is 1. The lowest BCUT2D eigenvalue weighted by molar-refractivity contribution is -0.143. The molecule has 1 N–H and O–H groups in total. The van der Waals surface area contributed by atoms with Crippen molar-refractivity contribution in [2.45, 2.75) is 0 Å². The van der Waals surface area contributed by atoms with E-state index in [2.05, 4.69) is 5.32 Å². The van der Waals surface area contributed by atoms with E-state index in [4.69, 9.17) is 14.2 Å². The summed E-state index contributed by atoms with van der Waals surface area (Å²) in [6.45, 7) is 0.198. The van der Waals surface area contributed by atoms with Crippen molar-refractivity contribution in [3.63, 3.8) is 0 Å². The number of nitrogens with one attached hydrogen (secondary N) is 1. The third-order valence-corrected chi connectivity index (χ3v) is 3.69. The maximum Gasteiger partial charge on any atom is 0.377 e. The first kappa shape index (κ1) is 18.2. The average molecular weight is 367 g/mol. The molecule has 7 heteroatoms. The summed E-state index contributed by atoms with van der Waals surface area (Å²) in [5.74, 6) is -1.43. The Balaban J connectivity index is 1.53. The first-order valence-electron chi connectivity index (χ1n) is 8.25. The van der Waals surface area contributed by atoms with Gasteiger partial charge in [0.05, 0.1) is 0 Å². The normalized spacial score (nSPS) is 12.8. The first-order valence-corrected chi connectivity index (χ1v) is 8.25. The quantitative estimate of drug-likeness (QED) is 0.623. The van der Waals surface area contributed by atoms with Gasteiger partial charge in [-0.1, -0.05) is 18.2 Å². The summed E-state index contributed by atoms with van der Waals surface area (Å²) < 4.78 is 15.0. The molecule has 138 valence electrons. The minimum Gasteiger partial charge on any atom is -0.493 e. The summed E-state index contributed by atoms with van der Waals surface area (Å²) in [5, 5.41) is 2.74. The van der Waals surface area contributed by atoms with E-state index in [1.807, 2.05) is 6.07 Å². The molecule has 2 aromatic carbocycles. The van der Waals surface area contributed by atoms with Crippen LogP contribution in [0.5, 0.6) is 0 Å². The Bertz CT molecular complexity index is 858. The minimum atomic E-state index is -0.755. The van der Waals surface area contributed by atoms with Crippen molar-refractivity contribution in [2.24, 2.45) is 0 Å². The largest absolute Gasteiger partial charge is 0.493 e. The van der Waals surface area contributed by atoms with Crippen LogP contribution in [-0.4, -0.2) is 37.5 Å². The number of ether oxygens (including phenoxy) is 3. The second-order valence-electron chi connectivity index (χ2n) is 5.60. The molecule has 0 bridgehead atoms. The van der Waals surface area contributed by atoms with Crippen molar-refractivity contribution in [3.05, 3.63) is 77.7 Å². The van der Waals surface area contributed by atoms with Gasteiger partial charge >= 0.3 is 5.97 Å². The van der Waals surface area contributed by atoms with Crippen LogP contribution in [0.15, 0.2) is 66.6 Å². The van der Waals surface area contributed by atoms with Crippen molar-refractivity contribution in [1.82, 2.24) is 0 Å².